The third-order valence-electron chi connectivity index (χ3n) is 5.24. The molecule has 0 bridgehead atoms. The highest BCUT2D eigenvalue weighted by atomic mass is 35.5. The van der Waals surface area contributed by atoms with Gasteiger partial charge in [-0.15, -0.1) is 0 Å². The van der Waals surface area contributed by atoms with Crippen LogP contribution in [-0.2, 0) is 11.2 Å². The van der Waals surface area contributed by atoms with Crippen LogP contribution >= 0.6 is 11.6 Å². The zero-order valence-corrected chi connectivity index (χ0v) is 16.0. The molecular weight excluding hydrogens is 383 g/mol. The van der Waals surface area contributed by atoms with Crippen LogP contribution in [-0.4, -0.2) is 42.1 Å². The van der Waals surface area contributed by atoms with Gasteiger partial charge in [0.2, 0.25) is 0 Å². The number of carbonyl (C=O) groups excluding carboxylic acids is 2. The zero-order chi connectivity index (χ0) is 19.7. The van der Waals surface area contributed by atoms with Gasteiger partial charge in [0.1, 0.15) is 11.4 Å². The third-order valence-corrected chi connectivity index (χ3v) is 5.49. The number of benzene rings is 2. The van der Waals surface area contributed by atoms with Crippen molar-refractivity contribution in [2.45, 2.75) is 24.9 Å². The second kappa shape index (κ2) is 7.43. The monoisotopic (exact) mass is 402 g/mol. The molecule has 146 valence electrons. The summed E-state index contributed by atoms with van der Waals surface area (Å²) in [5.74, 6) is 0.121. The van der Waals surface area contributed by atoms with Crippen LogP contribution in [0.4, 0.5) is 10.1 Å². The molecule has 0 spiro atoms. The summed E-state index contributed by atoms with van der Waals surface area (Å²) in [5, 5.41) is 3.33. The molecule has 0 radical (unpaired) electrons. The number of hydrogen-bond acceptors (Lipinski definition) is 3. The van der Waals surface area contributed by atoms with Gasteiger partial charge in [-0.2, -0.15) is 0 Å². The molecule has 2 aromatic rings. The van der Waals surface area contributed by atoms with Crippen molar-refractivity contribution in [3.05, 3.63) is 58.6 Å². The zero-order valence-electron chi connectivity index (χ0n) is 15.2. The number of ether oxygens (including phenoxy) is 1. The van der Waals surface area contributed by atoms with Crippen LogP contribution in [0.2, 0.25) is 5.02 Å². The van der Waals surface area contributed by atoms with Gasteiger partial charge in [0, 0.05) is 30.1 Å². The molecule has 0 aliphatic carbocycles. The van der Waals surface area contributed by atoms with E-state index in [2.05, 4.69) is 5.32 Å². The lowest BCUT2D eigenvalue weighted by molar-refractivity contribution is -0.118. The Hall–Kier alpha value is -2.60. The Morgan fingerprint density at radius 2 is 1.89 bits per heavy atom. The van der Waals surface area contributed by atoms with E-state index in [0.29, 0.717) is 41.5 Å². The van der Waals surface area contributed by atoms with E-state index in [1.54, 1.807) is 35.2 Å². The Balaban J connectivity index is 1.40. The van der Waals surface area contributed by atoms with E-state index >= 15 is 4.39 Å². The minimum absolute atomic E-state index is 0.0291. The summed E-state index contributed by atoms with van der Waals surface area (Å²) in [4.78, 5) is 25.9. The first-order valence-electron chi connectivity index (χ1n) is 9.21. The van der Waals surface area contributed by atoms with Crippen LogP contribution in [0, 0.1) is 0 Å². The number of hydrogen-bond donors (Lipinski definition) is 1. The molecule has 1 N–H and O–H groups in total. The number of nitrogens with zero attached hydrogens (tertiary/aromatic N) is 1. The van der Waals surface area contributed by atoms with E-state index in [-0.39, 0.29) is 31.3 Å². The van der Waals surface area contributed by atoms with Gasteiger partial charge in [-0.05, 0) is 48.7 Å². The number of amides is 2. The maximum atomic E-state index is 15.2. The maximum Gasteiger partial charge on any atom is 0.262 e. The summed E-state index contributed by atoms with van der Waals surface area (Å²) in [6.07, 6.45) is 0.882. The first kappa shape index (κ1) is 18.7. The van der Waals surface area contributed by atoms with Crippen molar-refractivity contribution >= 4 is 29.1 Å². The SMILES string of the molecule is O=C1COc2ccc(C(=O)N3CCC(F)(Cc4ccc(Cl)cc4)CC3)cc2N1. The van der Waals surface area contributed by atoms with E-state index in [0.717, 1.165) is 5.56 Å². The maximum absolute atomic E-state index is 15.2. The number of rotatable bonds is 3. The molecule has 0 atom stereocenters. The molecule has 4 rings (SSSR count). The highest BCUT2D eigenvalue weighted by Gasteiger charge is 2.36. The highest BCUT2D eigenvalue weighted by molar-refractivity contribution is 6.30. The van der Waals surface area contributed by atoms with Gasteiger partial charge >= 0.3 is 0 Å². The number of fused-ring (bicyclic) bond motifs is 1. The van der Waals surface area contributed by atoms with Gasteiger partial charge in [0.25, 0.3) is 11.8 Å². The molecule has 2 aliphatic heterocycles. The number of piperidine rings is 1. The Bertz CT molecular complexity index is 908. The van der Waals surface area contributed by atoms with Crippen LogP contribution in [0.5, 0.6) is 5.75 Å². The summed E-state index contributed by atoms with van der Waals surface area (Å²) >= 11 is 5.88. The molecule has 7 heteroatoms. The first-order chi connectivity index (χ1) is 13.4. The predicted octanol–water partition coefficient (Wildman–Crippen LogP) is 3.86. The Kier molecular flexibility index (Phi) is 4.98. The molecule has 1 saturated heterocycles. The van der Waals surface area contributed by atoms with Crippen LogP contribution in [0.1, 0.15) is 28.8 Å². The Morgan fingerprint density at radius 3 is 2.61 bits per heavy atom. The van der Waals surface area contributed by atoms with E-state index in [9.17, 15) is 9.59 Å². The van der Waals surface area contributed by atoms with Gasteiger partial charge in [-0.1, -0.05) is 23.7 Å². The number of halogens is 2. The van der Waals surface area contributed by atoms with Crippen LogP contribution in [0.25, 0.3) is 0 Å². The van der Waals surface area contributed by atoms with Crippen LogP contribution < -0.4 is 10.1 Å². The van der Waals surface area contributed by atoms with Crippen molar-refractivity contribution in [3.63, 3.8) is 0 Å². The normalized spacial score (nSPS) is 18.1. The Morgan fingerprint density at radius 1 is 1.18 bits per heavy atom. The quantitative estimate of drug-likeness (QED) is 0.848. The summed E-state index contributed by atoms with van der Waals surface area (Å²) in [6.45, 7) is 0.671. The van der Waals surface area contributed by atoms with Crippen molar-refractivity contribution in [2.75, 3.05) is 25.0 Å². The van der Waals surface area contributed by atoms with Gasteiger partial charge in [0.15, 0.2) is 6.61 Å². The van der Waals surface area contributed by atoms with Crippen LogP contribution in [0.15, 0.2) is 42.5 Å². The molecule has 2 amide bonds. The predicted molar refractivity (Wildman–Crippen MR) is 105 cm³/mol. The van der Waals surface area contributed by atoms with Crippen molar-refractivity contribution in [2.24, 2.45) is 0 Å². The number of nitrogens with one attached hydrogen (secondary N) is 1. The van der Waals surface area contributed by atoms with Crippen molar-refractivity contribution in [1.82, 2.24) is 4.90 Å². The van der Waals surface area contributed by atoms with E-state index in [1.807, 2.05) is 12.1 Å². The van der Waals surface area contributed by atoms with Gasteiger partial charge in [0.05, 0.1) is 5.69 Å². The second-order valence-corrected chi connectivity index (χ2v) is 7.73. The van der Waals surface area contributed by atoms with Crippen molar-refractivity contribution in [3.8, 4) is 5.75 Å². The largest absolute Gasteiger partial charge is 0.482 e. The molecular formula is C21H20ClFN2O3. The fraction of sp³-hybridized carbons (Fsp3) is 0.333. The van der Waals surface area contributed by atoms with E-state index < -0.39 is 5.67 Å². The Labute approximate surface area is 167 Å². The standard InChI is InChI=1S/C21H20ClFN2O3/c22-16-4-1-14(2-5-16)12-21(23)7-9-25(10-8-21)20(27)15-3-6-18-17(11-15)24-19(26)13-28-18/h1-6,11H,7-10,12-13H2,(H,24,26). The molecule has 0 aromatic heterocycles. The third kappa shape index (κ3) is 3.97. The summed E-state index contributed by atoms with van der Waals surface area (Å²) in [5.41, 5.74) is 0.509. The first-order valence-corrected chi connectivity index (χ1v) is 9.59. The van der Waals surface area contributed by atoms with E-state index in [1.165, 1.54) is 0 Å². The topological polar surface area (TPSA) is 58.6 Å². The van der Waals surface area contributed by atoms with Gasteiger partial charge in [-0.25, -0.2) is 4.39 Å². The van der Waals surface area contributed by atoms with Crippen molar-refractivity contribution in [1.29, 1.82) is 0 Å². The van der Waals surface area contributed by atoms with Gasteiger partial charge in [-0.3, -0.25) is 9.59 Å². The lowest BCUT2D eigenvalue weighted by Gasteiger charge is -2.36. The number of alkyl halides is 1. The second-order valence-electron chi connectivity index (χ2n) is 7.29. The number of carbonyl (C=O) groups is 2. The minimum atomic E-state index is -1.33. The molecule has 5 nitrogen and oxygen atoms in total. The molecule has 0 unspecified atom stereocenters. The van der Waals surface area contributed by atoms with Crippen LogP contribution in [0.3, 0.4) is 0 Å². The van der Waals surface area contributed by atoms with Crippen molar-refractivity contribution < 1.29 is 18.7 Å². The smallest absolute Gasteiger partial charge is 0.262 e. The average Bonchev–Trinajstić information content (AvgIpc) is 2.69. The minimum Gasteiger partial charge on any atom is -0.482 e. The molecule has 28 heavy (non-hydrogen) atoms. The lowest BCUT2D eigenvalue weighted by atomic mass is 9.87. The van der Waals surface area contributed by atoms with E-state index in [4.69, 9.17) is 16.3 Å². The number of anilines is 1. The fourth-order valence-electron chi connectivity index (χ4n) is 3.65. The highest BCUT2D eigenvalue weighted by Crippen LogP contribution is 2.33. The fourth-order valence-corrected chi connectivity index (χ4v) is 3.78. The molecule has 2 aliphatic rings. The lowest BCUT2D eigenvalue weighted by Crippen LogP contribution is -2.45. The molecule has 2 heterocycles. The summed E-state index contributed by atoms with van der Waals surface area (Å²) in [6, 6.07) is 12.2. The summed E-state index contributed by atoms with van der Waals surface area (Å²) in [7, 11) is 0. The molecule has 0 saturated carbocycles. The van der Waals surface area contributed by atoms with Gasteiger partial charge < -0.3 is 15.0 Å². The number of likely N-dealkylation sites (tertiary alicyclic amines) is 1. The average molecular weight is 403 g/mol. The molecule has 2 aromatic carbocycles. The molecule has 1 fully saturated rings. The summed E-state index contributed by atoms with van der Waals surface area (Å²) < 4.78 is 20.5.